The molecule has 2 saturated carbocycles. The Balaban J connectivity index is 1.15. The average molecular weight is 656 g/mol. The number of fused-ring (bicyclic) bond motifs is 4. The van der Waals surface area contributed by atoms with Gasteiger partial charge in [-0.05, 0) is 96.4 Å². The van der Waals surface area contributed by atoms with Crippen molar-refractivity contribution >= 4 is 5.78 Å². The van der Waals surface area contributed by atoms with Gasteiger partial charge in [0.15, 0.2) is 5.78 Å². The van der Waals surface area contributed by atoms with E-state index in [1.807, 2.05) is 48.8 Å². The molecule has 7 rings (SSSR count). The monoisotopic (exact) mass is 655 g/mol. The van der Waals surface area contributed by atoms with Crippen molar-refractivity contribution in [2.75, 3.05) is 26.2 Å². The molecule has 1 aromatic carbocycles. The third-order valence-electron chi connectivity index (χ3n) is 12.2. The number of ketones is 1. The molecule has 4 aliphatic carbocycles. The second-order valence-electron chi connectivity index (χ2n) is 14.6. The first-order valence-electron chi connectivity index (χ1n) is 16.9. The zero-order chi connectivity index (χ0) is 33.2. The summed E-state index contributed by atoms with van der Waals surface area (Å²) in [4.78, 5) is 21.2. The molecule has 5 aliphatic rings. The van der Waals surface area contributed by atoms with Gasteiger partial charge in [-0.1, -0.05) is 36.8 Å². The first-order valence-corrected chi connectivity index (χ1v) is 16.9. The minimum Gasteiger partial charge on any atom is -0.383 e. The molecule has 2 heterocycles. The lowest BCUT2D eigenvalue weighted by atomic mass is 9.50. The molecule has 0 bridgehead atoms. The minimum absolute atomic E-state index is 0.00478. The zero-order valence-electron chi connectivity index (χ0n) is 26.7. The lowest BCUT2D eigenvalue weighted by Crippen LogP contribution is -2.65. The molecule has 47 heavy (non-hydrogen) atoms. The molecule has 0 amide bonds. The lowest BCUT2D eigenvalue weighted by molar-refractivity contribution is -0.362. The standard InChI is InChI=1S/C37H42F5N3O2/c1-34-21-31(26-4-2-24(3-5-26)22-44-16-18-45(19-17-44)23-25-11-14-43-15-12-25)33-29-9-7-28(46)20-27(29)6-8-30(33)32(34)10-13-35(34,47)36(38,39)37(40,41)42/h2-5,11-12,14-15,20,30-32,47H,6-10,13,16-19,21-23H2,1H3/t30?,31-,32?,34+,35+/m1/s1. The predicted molar refractivity (Wildman–Crippen MR) is 167 cm³/mol. The van der Waals surface area contributed by atoms with Gasteiger partial charge in [0.05, 0.1) is 0 Å². The number of hydrogen-bond donors (Lipinski definition) is 1. The van der Waals surface area contributed by atoms with Gasteiger partial charge in [-0.2, -0.15) is 22.0 Å². The molecule has 5 nitrogen and oxygen atoms in total. The molecule has 10 heteroatoms. The van der Waals surface area contributed by atoms with Crippen molar-refractivity contribution in [2.24, 2.45) is 17.3 Å². The Hall–Kier alpha value is -2.95. The number of carbonyl (C=O) groups excluding carboxylic acids is 1. The number of halogens is 5. The molecule has 3 fully saturated rings. The number of benzene rings is 1. The van der Waals surface area contributed by atoms with E-state index in [4.69, 9.17) is 0 Å². The third-order valence-corrected chi connectivity index (χ3v) is 12.2. The Morgan fingerprint density at radius 1 is 0.872 bits per heavy atom. The molecule has 0 spiro atoms. The van der Waals surface area contributed by atoms with Crippen molar-refractivity contribution in [3.63, 3.8) is 0 Å². The summed E-state index contributed by atoms with van der Waals surface area (Å²) in [5, 5.41) is 11.5. The van der Waals surface area contributed by atoms with Crippen LogP contribution >= 0.6 is 0 Å². The van der Waals surface area contributed by atoms with Gasteiger partial charge in [-0.3, -0.25) is 19.6 Å². The summed E-state index contributed by atoms with van der Waals surface area (Å²) in [6, 6.07) is 12.1. The normalized spacial score (nSPS) is 32.1. The molecular formula is C37H42F5N3O2. The van der Waals surface area contributed by atoms with Crippen LogP contribution in [-0.4, -0.2) is 69.6 Å². The van der Waals surface area contributed by atoms with Crippen LogP contribution in [0.4, 0.5) is 22.0 Å². The number of carbonyl (C=O) groups is 1. The molecule has 5 atom stereocenters. The Bertz CT molecular complexity index is 1560. The SMILES string of the molecule is C[C@]12C[C@H](c3ccc(CN4CCN(Cc5ccncc5)CC4)cc3)C3=C4CCC(=O)C=C4CCC3C1CC[C@@]2(O)C(F)(F)C(F)(F)F. The summed E-state index contributed by atoms with van der Waals surface area (Å²) in [7, 11) is 0. The summed E-state index contributed by atoms with van der Waals surface area (Å²) in [5.41, 5.74) is 1.53. The largest absolute Gasteiger partial charge is 0.456 e. The molecule has 252 valence electrons. The number of piperazine rings is 1. The van der Waals surface area contributed by atoms with Crippen LogP contribution in [0.15, 0.2) is 71.6 Å². The molecule has 2 unspecified atom stereocenters. The van der Waals surface area contributed by atoms with Gasteiger partial charge < -0.3 is 5.11 Å². The van der Waals surface area contributed by atoms with E-state index >= 15 is 8.78 Å². The number of aromatic nitrogens is 1. The molecule has 1 N–H and O–H groups in total. The Labute approximate surface area is 272 Å². The van der Waals surface area contributed by atoms with E-state index in [9.17, 15) is 23.1 Å². The number of hydrogen-bond acceptors (Lipinski definition) is 5. The van der Waals surface area contributed by atoms with E-state index in [1.165, 1.54) is 12.5 Å². The minimum atomic E-state index is -5.85. The smallest absolute Gasteiger partial charge is 0.383 e. The second-order valence-corrected chi connectivity index (χ2v) is 14.6. The summed E-state index contributed by atoms with van der Waals surface area (Å²) in [5.74, 6) is -6.31. The van der Waals surface area contributed by atoms with Crippen LogP contribution in [0.1, 0.15) is 74.5 Å². The first kappa shape index (κ1) is 32.6. The van der Waals surface area contributed by atoms with Crippen LogP contribution in [0.25, 0.3) is 0 Å². The van der Waals surface area contributed by atoms with Gasteiger partial charge in [-0.25, -0.2) is 0 Å². The number of allylic oxidation sites excluding steroid dienone is 4. The zero-order valence-corrected chi connectivity index (χ0v) is 26.7. The van der Waals surface area contributed by atoms with E-state index in [1.54, 1.807) is 6.08 Å². The highest BCUT2D eigenvalue weighted by Crippen LogP contribution is 2.70. The predicted octanol–water partition coefficient (Wildman–Crippen LogP) is 7.23. The highest BCUT2D eigenvalue weighted by molar-refractivity contribution is 5.93. The van der Waals surface area contributed by atoms with Gasteiger partial charge in [-0.15, -0.1) is 0 Å². The van der Waals surface area contributed by atoms with Crippen molar-refractivity contribution in [3.8, 4) is 0 Å². The fourth-order valence-electron chi connectivity index (χ4n) is 9.68. The van der Waals surface area contributed by atoms with Crippen LogP contribution in [-0.2, 0) is 17.9 Å². The van der Waals surface area contributed by atoms with Crippen molar-refractivity contribution in [1.82, 2.24) is 14.8 Å². The maximum absolute atomic E-state index is 15.3. The molecular weight excluding hydrogens is 613 g/mol. The number of alkyl halides is 5. The Kier molecular flexibility index (Phi) is 8.24. The molecule has 1 saturated heterocycles. The molecule has 0 radical (unpaired) electrons. The number of nitrogens with zero attached hydrogens (tertiary/aromatic N) is 3. The summed E-state index contributed by atoms with van der Waals surface area (Å²) in [6.07, 6.45) is 1.08. The third kappa shape index (κ3) is 5.48. The van der Waals surface area contributed by atoms with Crippen molar-refractivity contribution < 1.29 is 31.9 Å². The quantitative estimate of drug-likeness (QED) is 0.333. The van der Waals surface area contributed by atoms with Crippen LogP contribution in [0.2, 0.25) is 0 Å². The Morgan fingerprint density at radius 3 is 2.11 bits per heavy atom. The van der Waals surface area contributed by atoms with E-state index in [0.29, 0.717) is 25.7 Å². The van der Waals surface area contributed by atoms with Gasteiger partial charge >= 0.3 is 12.1 Å². The lowest BCUT2D eigenvalue weighted by Gasteiger charge is -2.56. The Morgan fingerprint density at radius 2 is 1.49 bits per heavy atom. The molecule has 2 aromatic rings. The molecule has 1 aromatic heterocycles. The summed E-state index contributed by atoms with van der Waals surface area (Å²) < 4.78 is 72.1. The average Bonchev–Trinajstić information content (AvgIpc) is 3.33. The fourth-order valence-corrected chi connectivity index (χ4v) is 9.68. The van der Waals surface area contributed by atoms with E-state index in [-0.39, 0.29) is 24.5 Å². The number of aliphatic hydroxyl groups is 1. The number of rotatable bonds is 6. The van der Waals surface area contributed by atoms with Gasteiger partial charge in [0.25, 0.3) is 0 Å². The summed E-state index contributed by atoms with van der Waals surface area (Å²) >= 11 is 0. The van der Waals surface area contributed by atoms with E-state index in [0.717, 1.165) is 67.1 Å². The summed E-state index contributed by atoms with van der Waals surface area (Å²) in [6.45, 7) is 6.86. The maximum atomic E-state index is 15.3. The van der Waals surface area contributed by atoms with Crippen LogP contribution in [0, 0.1) is 17.3 Å². The fraction of sp³-hybridized carbons (Fsp3) is 0.568. The first-order chi connectivity index (χ1) is 22.3. The second kappa shape index (κ2) is 11.9. The van der Waals surface area contributed by atoms with Gasteiger partial charge in [0, 0.05) is 69.4 Å². The van der Waals surface area contributed by atoms with Crippen LogP contribution < -0.4 is 0 Å². The highest BCUT2D eigenvalue weighted by atomic mass is 19.4. The molecule has 1 aliphatic heterocycles. The van der Waals surface area contributed by atoms with Crippen LogP contribution in [0.3, 0.4) is 0 Å². The van der Waals surface area contributed by atoms with Crippen molar-refractivity contribution in [1.29, 1.82) is 0 Å². The van der Waals surface area contributed by atoms with Crippen molar-refractivity contribution in [2.45, 2.75) is 88.6 Å². The van der Waals surface area contributed by atoms with E-state index in [2.05, 4.69) is 14.8 Å². The van der Waals surface area contributed by atoms with Gasteiger partial charge in [0.2, 0.25) is 0 Å². The van der Waals surface area contributed by atoms with Gasteiger partial charge in [0.1, 0.15) is 5.60 Å². The van der Waals surface area contributed by atoms with Crippen LogP contribution in [0.5, 0.6) is 0 Å². The van der Waals surface area contributed by atoms with Crippen molar-refractivity contribution in [3.05, 3.63) is 88.3 Å². The maximum Gasteiger partial charge on any atom is 0.456 e. The highest BCUT2D eigenvalue weighted by Gasteiger charge is 2.79. The topological polar surface area (TPSA) is 56.7 Å². The number of pyridine rings is 1. The van der Waals surface area contributed by atoms with E-state index < -0.39 is 41.4 Å².